The Kier molecular flexibility index (Phi) is 43.2. The monoisotopic (exact) mass is 1480 g/mol. The van der Waals surface area contributed by atoms with Crippen LogP contribution in [0.25, 0.3) is 0 Å². The van der Waals surface area contributed by atoms with Crippen molar-refractivity contribution >= 4 is 17.9 Å². The summed E-state index contributed by atoms with van der Waals surface area (Å²) in [6.07, 6.45) is -1.39. The Morgan fingerprint density at radius 2 is 0.796 bits per heavy atom. The summed E-state index contributed by atoms with van der Waals surface area (Å²) in [7, 11) is 0. The average Bonchev–Trinajstić information content (AvgIpc) is 0.765. The lowest BCUT2D eigenvalue weighted by Gasteiger charge is -2.51. The molecule has 6 fully saturated rings. The van der Waals surface area contributed by atoms with E-state index in [9.17, 15) is 60.3 Å². The summed E-state index contributed by atoms with van der Waals surface area (Å²) in [6, 6.07) is 0. The fourth-order valence-corrected chi connectivity index (χ4v) is 15.1. The molecule has 6 rings (SSSR count). The van der Waals surface area contributed by atoms with Crippen molar-refractivity contribution in [1.82, 2.24) is 0 Å². The number of aliphatic hydroxyl groups excluding tert-OH is 9. The van der Waals surface area contributed by atoms with Gasteiger partial charge in [0.2, 0.25) is 0 Å². The normalized spacial score (nSPS) is 36.7. The third kappa shape index (κ3) is 29.8. The number of hydrogen-bond acceptors (Lipinski definition) is 25. The molecule has 0 saturated carbocycles. The molecule has 0 aromatic rings. The molecule has 0 aromatic heterocycles. The topological polar surface area (TPSA) is 353 Å². The van der Waals surface area contributed by atoms with Crippen LogP contribution in [0, 0.1) is 0 Å². The standard InChI is InChI=1S/C78H140O25/c1-8-11-14-16-18-20-22-24-26-28-32-36-41-46-56(80)97-67-51(5)92-74(65(89)63(67)87)101-69-53(7)94-78(73(72(69)103-75-64(88)61(85)60(84)55(49-79)96-75)99-58(82)48-43-37-33-29-27-25-23-21-19-17-15-12-9-2)100-68-52(6)93-77-71(66(68)90)98-57(81)47-42-38-34-30-31-35-40-45-54(44-39-13-10-3)95-76-70(102-77)62(86)59(83)50(4)91-76/h50-55,59-79,83-90H,8-49H2,1-7H3/t50-,51+,52+,53-,54+,55-,59+,60-,61+,62+,63+,64-,65-,66-,67+,68+,69+,70-,71-,72-,73-,74+,75+,76+,77+,78+/m1/s1. The van der Waals surface area contributed by atoms with E-state index >= 15 is 0 Å². The number of carbonyl (C=O) groups is 3. The van der Waals surface area contributed by atoms with Crippen molar-refractivity contribution in [3.8, 4) is 0 Å². The van der Waals surface area contributed by atoms with Gasteiger partial charge in [-0.3, -0.25) is 14.4 Å². The Balaban J connectivity index is 1.26. The number of aliphatic hydroxyl groups is 9. The van der Waals surface area contributed by atoms with Crippen LogP contribution >= 0.6 is 0 Å². The van der Waals surface area contributed by atoms with Crippen LogP contribution in [-0.4, -0.2) is 230 Å². The second-order valence-electron chi connectivity index (χ2n) is 30.5. The molecule has 0 spiro atoms. The first-order chi connectivity index (χ1) is 49.7. The summed E-state index contributed by atoms with van der Waals surface area (Å²) < 4.78 is 83.1. The molecule has 26 atom stereocenters. The van der Waals surface area contributed by atoms with Crippen LogP contribution in [0.1, 0.15) is 312 Å². The van der Waals surface area contributed by atoms with Crippen LogP contribution in [0.2, 0.25) is 0 Å². The molecule has 6 saturated heterocycles. The van der Waals surface area contributed by atoms with E-state index in [4.69, 9.17) is 61.6 Å². The quantitative estimate of drug-likeness (QED) is 0.0156. The zero-order valence-corrected chi connectivity index (χ0v) is 63.8. The van der Waals surface area contributed by atoms with Gasteiger partial charge in [0.1, 0.15) is 79.4 Å². The molecule has 6 aliphatic heterocycles. The van der Waals surface area contributed by atoms with Gasteiger partial charge in [-0.25, -0.2) is 0 Å². The van der Waals surface area contributed by atoms with E-state index in [2.05, 4.69) is 20.8 Å². The third-order valence-electron chi connectivity index (χ3n) is 21.7. The SMILES string of the molecule is CCCCCCCCCCCCCCCC(=O)O[C@@H]1[C@@H](O)[C@@H](O)[C@H](O[C@@H]2[C@@H](O[C@@H]3O[C@H](CO)[C@@H](O)[C@H](O)[C@H]3O)[C@@H](OC(=O)CCCCCCCCCCCCCCC)[C@H](O[C@@H]3[C@@H](O)[C@H]4OC(=O)CCCCCCCCC[C@H](CCCCC)O[C@@H]5O[C@H](C)[C@H](O)[C@H](O)[C@H]5O[C@@H]4O[C@H]3C)O[C@@H]2C)O[C@H]1C. The molecule has 0 amide bonds. The first kappa shape index (κ1) is 89.5. The molecule has 0 aliphatic carbocycles. The third-order valence-corrected chi connectivity index (χ3v) is 21.7. The van der Waals surface area contributed by atoms with Gasteiger partial charge in [-0.15, -0.1) is 0 Å². The molecule has 0 radical (unpaired) electrons. The largest absolute Gasteiger partial charge is 0.457 e. The highest BCUT2D eigenvalue weighted by molar-refractivity contribution is 5.70. The Morgan fingerprint density at radius 3 is 1.35 bits per heavy atom. The predicted octanol–water partition coefficient (Wildman–Crippen LogP) is 10.3. The van der Waals surface area contributed by atoms with E-state index in [0.29, 0.717) is 38.5 Å². The summed E-state index contributed by atoms with van der Waals surface area (Å²) in [5, 5.41) is 104. The average molecular weight is 1480 g/mol. The fourth-order valence-electron chi connectivity index (χ4n) is 15.1. The minimum Gasteiger partial charge on any atom is -0.457 e. The molecule has 103 heavy (non-hydrogen) atoms. The van der Waals surface area contributed by atoms with Gasteiger partial charge >= 0.3 is 17.9 Å². The maximum absolute atomic E-state index is 14.5. The second-order valence-corrected chi connectivity index (χ2v) is 30.5. The van der Waals surface area contributed by atoms with Crippen molar-refractivity contribution in [2.75, 3.05) is 6.61 Å². The fraction of sp³-hybridized carbons (Fsp3) is 0.962. The highest BCUT2D eigenvalue weighted by atomic mass is 16.8. The highest BCUT2D eigenvalue weighted by Crippen LogP contribution is 2.40. The van der Waals surface area contributed by atoms with Crippen molar-refractivity contribution < 1.29 is 122 Å². The van der Waals surface area contributed by atoms with Gasteiger partial charge in [-0.1, -0.05) is 233 Å². The molecule has 6 heterocycles. The highest BCUT2D eigenvalue weighted by Gasteiger charge is 2.59. The van der Waals surface area contributed by atoms with Gasteiger partial charge in [-0.2, -0.15) is 0 Å². The van der Waals surface area contributed by atoms with E-state index < -0.39 is 178 Å². The van der Waals surface area contributed by atoms with Gasteiger partial charge in [0.15, 0.2) is 49.8 Å². The minimum absolute atomic E-state index is 0.0347. The zero-order chi connectivity index (χ0) is 74.6. The molecule has 25 heteroatoms. The first-order valence-electron chi connectivity index (χ1n) is 40.9. The number of hydrogen-bond donors (Lipinski definition) is 9. The van der Waals surface area contributed by atoms with E-state index in [1.54, 1.807) is 6.92 Å². The first-order valence-corrected chi connectivity index (χ1v) is 40.9. The van der Waals surface area contributed by atoms with Crippen LogP contribution < -0.4 is 0 Å². The molecular weight excluding hydrogens is 1340 g/mol. The number of esters is 3. The second kappa shape index (κ2) is 49.7. The molecule has 602 valence electrons. The summed E-state index contributed by atoms with van der Waals surface area (Å²) in [4.78, 5) is 41.9. The van der Waals surface area contributed by atoms with E-state index in [0.717, 1.165) is 109 Å². The van der Waals surface area contributed by atoms with Crippen LogP contribution in [0.4, 0.5) is 0 Å². The van der Waals surface area contributed by atoms with Crippen molar-refractivity contribution in [3.63, 3.8) is 0 Å². The summed E-state index contributed by atoms with van der Waals surface area (Å²) in [6.45, 7) is 11.9. The number of carbonyl (C=O) groups excluding carboxylic acids is 3. The number of fused-ring (bicyclic) bond motifs is 2. The number of ether oxygens (including phenoxy) is 13. The lowest BCUT2D eigenvalue weighted by molar-refractivity contribution is -0.400. The smallest absolute Gasteiger partial charge is 0.306 e. The molecular formula is C78H140O25. The van der Waals surface area contributed by atoms with E-state index in [-0.39, 0.29) is 25.4 Å². The van der Waals surface area contributed by atoms with Gasteiger partial charge < -0.3 is 108 Å². The maximum atomic E-state index is 14.5. The van der Waals surface area contributed by atoms with Gasteiger partial charge in [-0.05, 0) is 59.8 Å². The summed E-state index contributed by atoms with van der Waals surface area (Å²) in [5.41, 5.74) is 0. The van der Waals surface area contributed by atoms with E-state index in [1.807, 2.05) is 0 Å². The van der Waals surface area contributed by atoms with Gasteiger partial charge in [0.25, 0.3) is 0 Å². The summed E-state index contributed by atoms with van der Waals surface area (Å²) in [5.74, 6) is -2.05. The molecule has 9 N–H and O–H groups in total. The Morgan fingerprint density at radius 1 is 0.369 bits per heavy atom. The number of unbranched alkanes of at least 4 members (excludes halogenated alkanes) is 26. The molecule has 0 bridgehead atoms. The Bertz CT molecular complexity index is 2250. The Labute approximate surface area is 615 Å². The summed E-state index contributed by atoms with van der Waals surface area (Å²) >= 11 is 0. The van der Waals surface area contributed by atoms with Gasteiger partial charge in [0.05, 0.1) is 37.1 Å². The molecule has 6 aliphatic rings. The molecule has 0 aromatic carbocycles. The maximum Gasteiger partial charge on any atom is 0.306 e. The molecule has 0 unspecified atom stereocenters. The lowest BCUT2D eigenvalue weighted by Crippen LogP contribution is -2.68. The van der Waals surface area contributed by atoms with Crippen molar-refractivity contribution in [1.29, 1.82) is 0 Å². The predicted molar refractivity (Wildman–Crippen MR) is 381 cm³/mol. The van der Waals surface area contributed by atoms with Gasteiger partial charge in [0, 0.05) is 19.3 Å². The number of rotatable bonds is 41. The van der Waals surface area contributed by atoms with Crippen molar-refractivity contribution in [3.05, 3.63) is 0 Å². The lowest BCUT2D eigenvalue weighted by atomic mass is 9.95. The van der Waals surface area contributed by atoms with Crippen molar-refractivity contribution in [2.45, 2.75) is 471 Å². The molecule has 25 nitrogen and oxygen atoms in total. The zero-order valence-electron chi connectivity index (χ0n) is 63.8. The van der Waals surface area contributed by atoms with E-state index in [1.165, 1.54) is 117 Å². The van der Waals surface area contributed by atoms with Crippen LogP contribution in [0.5, 0.6) is 0 Å². The minimum atomic E-state index is -2.02. The van der Waals surface area contributed by atoms with Crippen LogP contribution in [0.15, 0.2) is 0 Å². The van der Waals surface area contributed by atoms with Crippen molar-refractivity contribution in [2.24, 2.45) is 0 Å². The van der Waals surface area contributed by atoms with Crippen LogP contribution in [-0.2, 0) is 76.0 Å². The van der Waals surface area contributed by atoms with Crippen LogP contribution in [0.3, 0.4) is 0 Å². The Hall–Kier alpha value is -2.35.